The normalized spacial score (nSPS) is 12.1. The van der Waals surface area contributed by atoms with Crippen LogP contribution in [0.1, 0.15) is 37.1 Å². The molecular weight excluding hydrogens is 366 g/mol. The molecule has 1 amide bonds. The first-order valence-corrected chi connectivity index (χ1v) is 9.85. The lowest BCUT2D eigenvalue weighted by Crippen LogP contribution is -2.43. The van der Waals surface area contributed by atoms with Gasteiger partial charge in [-0.3, -0.25) is 4.79 Å². The summed E-state index contributed by atoms with van der Waals surface area (Å²) < 4.78 is 7.33. The summed E-state index contributed by atoms with van der Waals surface area (Å²) in [5.74, 6) is -0.419. The Bertz CT molecular complexity index is 979. The van der Waals surface area contributed by atoms with Gasteiger partial charge in [-0.25, -0.2) is 9.78 Å². The summed E-state index contributed by atoms with van der Waals surface area (Å²) in [6.45, 7) is 6.19. The highest BCUT2D eigenvalue weighted by molar-refractivity contribution is 5.85. The molecule has 152 valence electrons. The van der Waals surface area contributed by atoms with Crippen LogP contribution in [0.2, 0.25) is 0 Å². The number of hydrogen-bond donors (Lipinski definition) is 1. The Kier molecular flexibility index (Phi) is 6.65. The maximum atomic E-state index is 12.6. The Morgan fingerprint density at radius 2 is 1.90 bits per heavy atom. The Hall–Kier alpha value is -3.15. The van der Waals surface area contributed by atoms with E-state index in [9.17, 15) is 9.59 Å². The number of rotatable bonds is 8. The fraction of sp³-hybridized carbons (Fsp3) is 0.348. The van der Waals surface area contributed by atoms with Gasteiger partial charge in [0.15, 0.2) is 0 Å². The van der Waals surface area contributed by atoms with Gasteiger partial charge < -0.3 is 14.5 Å². The van der Waals surface area contributed by atoms with E-state index >= 15 is 0 Å². The number of benzene rings is 1. The summed E-state index contributed by atoms with van der Waals surface area (Å²) in [6, 6.07) is 12.7. The number of pyridine rings is 1. The predicted molar refractivity (Wildman–Crippen MR) is 111 cm³/mol. The number of nitrogens with zero attached hydrogens (tertiary/aromatic N) is 2. The third kappa shape index (κ3) is 5.67. The van der Waals surface area contributed by atoms with Gasteiger partial charge in [0.2, 0.25) is 5.91 Å². The summed E-state index contributed by atoms with van der Waals surface area (Å²) in [7, 11) is 0. The molecule has 6 heteroatoms. The summed E-state index contributed by atoms with van der Waals surface area (Å²) in [6.07, 6.45) is 4.37. The highest BCUT2D eigenvalue weighted by Gasteiger charge is 2.24. The molecule has 0 bridgehead atoms. The lowest BCUT2D eigenvalue weighted by molar-refractivity contribution is -0.149. The predicted octanol–water partition coefficient (Wildman–Crippen LogP) is 3.46. The van der Waals surface area contributed by atoms with Crippen molar-refractivity contribution in [3.63, 3.8) is 0 Å². The number of imidazole rings is 1. The Morgan fingerprint density at radius 3 is 2.59 bits per heavy atom. The second kappa shape index (κ2) is 9.37. The van der Waals surface area contributed by atoms with Crippen LogP contribution in [0.3, 0.4) is 0 Å². The number of carbonyl (C=O) groups is 2. The van der Waals surface area contributed by atoms with E-state index < -0.39 is 12.0 Å². The first-order valence-electron chi connectivity index (χ1n) is 9.85. The molecule has 3 rings (SSSR count). The lowest BCUT2D eigenvalue weighted by Gasteiger charge is -2.19. The summed E-state index contributed by atoms with van der Waals surface area (Å²) in [4.78, 5) is 29.7. The minimum atomic E-state index is -0.676. The van der Waals surface area contributed by atoms with Gasteiger partial charge in [-0.05, 0) is 36.5 Å². The maximum absolute atomic E-state index is 12.6. The largest absolute Gasteiger partial charge is 0.459 e. The van der Waals surface area contributed by atoms with Crippen molar-refractivity contribution in [1.29, 1.82) is 0 Å². The van der Waals surface area contributed by atoms with Gasteiger partial charge in [-0.1, -0.05) is 50.2 Å². The zero-order chi connectivity index (χ0) is 20.8. The SMILES string of the molecule is Cc1cccn2cc(CC(=O)N[C@@H](CC(C)C)C(=O)OCc3ccccc3)nc12. The van der Waals surface area contributed by atoms with Crippen LogP contribution in [0, 0.1) is 12.8 Å². The van der Waals surface area contributed by atoms with E-state index in [-0.39, 0.29) is 24.9 Å². The van der Waals surface area contributed by atoms with Gasteiger partial charge in [0.05, 0.1) is 12.1 Å². The molecule has 2 aromatic heterocycles. The molecule has 0 radical (unpaired) electrons. The van der Waals surface area contributed by atoms with Crippen LogP contribution in [0.5, 0.6) is 0 Å². The molecular formula is C23H27N3O3. The molecule has 3 aromatic rings. The molecule has 1 aromatic carbocycles. The van der Waals surface area contributed by atoms with Crippen molar-refractivity contribution in [2.24, 2.45) is 5.92 Å². The molecule has 2 heterocycles. The number of nitrogens with one attached hydrogen (secondary N) is 1. The Balaban J connectivity index is 1.62. The molecule has 0 aliphatic rings. The van der Waals surface area contributed by atoms with Crippen molar-refractivity contribution < 1.29 is 14.3 Å². The van der Waals surface area contributed by atoms with Crippen LogP contribution in [0.4, 0.5) is 0 Å². The second-order valence-corrected chi connectivity index (χ2v) is 7.67. The molecule has 1 N–H and O–H groups in total. The summed E-state index contributed by atoms with van der Waals surface area (Å²) >= 11 is 0. The van der Waals surface area contributed by atoms with E-state index in [4.69, 9.17) is 4.74 Å². The minimum Gasteiger partial charge on any atom is -0.459 e. The first-order chi connectivity index (χ1) is 13.9. The molecule has 0 unspecified atom stereocenters. The second-order valence-electron chi connectivity index (χ2n) is 7.67. The van der Waals surface area contributed by atoms with Crippen LogP contribution in [-0.4, -0.2) is 27.3 Å². The van der Waals surface area contributed by atoms with Crippen LogP contribution >= 0.6 is 0 Å². The van der Waals surface area contributed by atoms with Gasteiger partial charge >= 0.3 is 5.97 Å². The topological polar surface area (TPSA) is 72.7 Å². The minimum absolute atomic E-state index is 0.113. The van der Waals surface area contributed by atoms with Crippen LogP contribution in [-0.2, 0) is 27.4 Å². The summed E-state index contributed by atoms with van der Waals surface area (Å²) in [5, 5.41) is 2.83. The molecule has 0 saturated carbocycles. The molecule has 0 fully saturated rings. The zero-order valence-electron chi connectivity index (χ0n) is 17.1. The molecule has 1 atom stereocenters. The third-order valence-corrected chi connectivity index (χ3v) is 4.62. The quantitative estimate of drug-likeness (QED) is 0.595. The first kappa shape index (κ1) is 20.6. The molecule has 0 aliphatic carbocycles. The molecule has 0 spiro atoms. The van der Waals surface area contributed by atoms with Crippen LogP contribution in [0.25, 0.3) is 5.65 Å². The Morgan fingerprint density at radius 1 is 1.14 bits per heavy atom. The standard InChI is InChI=1S/C23H27N3O3/c1-16(2)12-20(23(28)29-15-18-9-5-4-6-10-18)25-21(27)13-19-14-26-11-7-8-17(3)22(26)24-19/h4-11,14,16,20H,12-13,15H2,1-3H3,(H,25,27)/t20-/m0/s1. The van der Waals surface area contributed by atoms with Gasteiger partial charge in [-0.2, -0.15) is 0 Å². The fourth-order valence-electron chi connectivity index (χ4n) is 3.21. The zero-order valence-corrected chi connectivity index (χ0v) is 17.1. The smallest absolute Gasteiger partial charge is 0.328 e. The third-order valence-electron chi connectivity index (χ3n) is 4.62. The number of aryl methyl sites for hydroxylation is 1. The average molecular weight is 393 g/mol. The van der Waals surface area contributed by atoms with E-state index in [0.717, 1.165) is 16.8 Å². The van der Waals surface area contributed by atoms with E-state index in [1.807, 2.05) is 80.0 Å². The maximum Gasteiger partial charge on any atom is 0.328 e. The van der Waals surface area contributed by atoms with E-state index in [2.05, 4.69) is 10.3 Å². The number of carbonyl (C=O) groups excluding carboxylic acids is 2. The highest BCUT2D eigenvalue weighted by atomic mass is 16.5. The number of fused-ring (bicyclic) bond motifs is 1. The summed E-state index contributed by atoms with van der Waals surface area (Å²) in [5.41, 5.74) is 3.45. The van der Waals surface area contributed by atoms with Crippen molar-refractivity contribution in [3.05, 3.63) is 71.7 Å². The monoisotopic (exact) mass is 393 g/mol. The van der Waals surface area contributed by atoms with Crippen LogP contribution in [0.15, 0.2) is 54.9 Å². The molecule has 0 saturated heterocycles. The van der Waals surface area contributed by atoms with Gasteiger partial charge in [0.1, 0.15) is 18.3 Å². The van der Waals surface area contributed by atoms with E-state index in [1.165, 1.54) is 0 Å². The van der Waals surface area contributed by atoms with Gasteiger partial charge in [-0.15, -0.1) is 0 Å². The van der Waals surface area contributed by atoms with E-state index in [1.54, 1.807) is 0 Å². The van der Waals surface area contributed by atoms with Crippen LogP contribution < -0.4 is 5.32 Å². The van der Waals surface area contributed by atoms with Crippen molar-refractivity contribution in [3.8, 4) is 0 Å². The van der Waals surface area contributed by atoms with Gasteiger partial charge in [0.25, 0.3) is 0 Å². The van der Waals surface area contributed by atoms with Gasteiger partial charge in [0, 0.05) is 12.4 Å². The molecule has 29 heavy (non-hydrogen) atoms. The Labute approximate surface area is 170 Å². The highest BCUT2D eigenvalue weighted by Crippen LogP contribution is 2.12. The molecule has 0 aliphatic heterocycles. The van der Waals surface area contributed by atoms with E-state index in [0.29, 0.717) is 12.1 Å². The van der Waals surface area contributed by atoms with Crippen molar-refractivity contribution in [2.45, 2.75) is 46.3 Å². The number of aromatic nitrogens is 2. The lowest BCUT2D eigenvalue weighted by atomic mass is 10.0. The average Bonchev–Trinajstić information content (AvgIpc) is 3.09. The number of ether oxygens (including phenoxy) is 1. The van der Waals surface area contributed by atoms with Crippen molar-refractivity contribution >= 4 is 17.5 Å². The number of amides is 1. The number of esters is 1. The number of hydrogen-bond acceptors (Lipinski definition) is 4. The molecule has 6 nitrogen and oxygen atoms in total. The van der Waals surface area contributed by atoms with Crippen molar-refractivity contribution in [1.82, 2.24) is 14.7 Å². The van der Waals surface area contributed by atoms with Crippen molar-refractivity contribution in [2.75, 3.05) is 0 Å². The fourth-order valence-corrected chi connectivity index (χ4v) is 3.21.